The molecule has 0 heterocycles. The number of rotatable bonds is 20. The summed E-state index contributed by atoms with van der Waals surface area (Å²) < 4.78 is 135. The van der Waals surface area contributed by atoms with Gasteiger partial charge in [0, 0.05) is 0 Å². The summed E-state index contributed by atoms with van der Waals surface area (Å²) in [6, 6.07) is 0. The first-order valence-corrected chi connectivity index (χ1v) is 15.0. The Morgan fingerprint density at radius 3 is 1.05 bits per heavy atom. The molecule has 0 amide bonds. The van der Waals surface area contributed by atoms with Crippen LogP contribution in [-0.2, 0) is 10.1 Å². The van der Waals surface area contributed by atoms with Gasteiger partial charge in [-0.1, -0.05) is 96.8 Å². The third-order valence-corrected chi connectivity index (χ3v) is 7.03. The molecule has 0 aromatic heterocycles. The van der Waals surface area contributed by atoms with Crippen LogP contribution in [0.1, 0.15) is 110 Å². The first kappa shape index (κ1) is 40.4. The van der Waals surface area contributed by atoms with E-state index in [0.29, 0.717) is 0 Å². The van der Waals surface area contributed by atoms with Crippen LogP contribution in [0.2, 0.25) is 0 Å². The van der Waals surface area contributed by atoms with Gasteiger partial charge in [0.15, 0.2) is 0 Å². The largest absolute Gasteiger partial charge is 0.460 e. The predicted octanol–water partition coefficient (Wildman–Crippen LogP) is 9.25. The maximum Gasteiger partial charge on any atom is 0.460 e. The SMILES string of the molecule is CCCCCCCCCCCCCCCCCC[N+](C)(C)C.O=S(=O)(O)C(F)(F)C(F)(F)C(F)(F)C(F)(F)F. The van der Waals surface area contributed by atoms with E-state index in [1.807, 2.05) is 0 Å². The van der Waals surface area contributed by atoms with Gasteiger partial charge in [0.05, 0.1) is 27.7 Å². The molecule has 0 aromatic carbocycles. The second kappa shape index (κ2) is 17.9. The van der Waals surface area contributed by atoms with Gasteiger partial charge in [0.25, 0.3) is 0 Å². The van der Waals surface area contributed by atoms with Crippen LogP contribution in [0, 0.1) is 0 Å². The lowest BCUT2D eigenvalue weighted by atomic mass is 10.0. The maximum absolute atomic E-state index is 12.2. The summed E-state index contributed by atoms with van der Waals surface area (Å²) in [5.74, 6) is -14.7. The zero-order valence-corrected chi connectivity index (χ0v) is 24.4. The molecule has 14 heteroatoms. The van der Waals surface area contributed by atoms with Crippen LogP contribution >= 0.6 is 0 Å². The minimum atomic E-state index is -7.37. The summed E-state index contributed by atoms with van der Waals surface area (Å²) in [6.45, 7) is 3.63. The quantitative estimate of drug-likeness (QED) is 0.0645. The highest BCUT2D eigenvalue weighted by molar-refractivity contribution is 7.87. The third-order valence-electron chi connectivity index (χ3n) is 6.12. The third kappa shape index (κ3) is 15.7. The molecule has 0 atom stereocenters. The van der Waals surface area contributed by atoms with E-state index in [1.165, 1.54) is 109 Å². The van der Waals surface area contributed by atoms with Crippen molar-refractivity contribution < 1.29 is 57.0 Å². The number of alkyl halides is 9. The van der Waals surface area contributed by atoms with E-state index in [0.717, 1.165) is 4.48 Å². The van der Waals surface area contributed by atoms with Crippen molar-refractivity contribution in [1.82, 2.24) is 0 Å². The fraction of sp³-hybridized carbons (Fsp3) is 1.00. The minimum absolute atomic E-state index is 1.12. The molecule has 0 saturated carbocycles. The molecule has 0 aliphatic carbocycles. The molecule has 1 N–H and O–H groups in total. The van der Waals surface area contributed by atoms with E-state index in [4.69, 9.17) is 4.55 Å². The van der Waals surface area contributed by atoms with Crippen LogP contribution in [0.15, 0.2) is 0 Å². The van der Waals surface area contributed by atoms with E-state index in [2.05, 4.69) is 28.1 Å². The summed E-state index contributed by atoms with van der Waals surface area (Å²) in [5.41, 5.74) is 0. The minimum Gasteiger partial charge on any atom is -0.331 e. The van der Waals surface area contributed by atoms with Crippen molar-refractivity contribution in [2.75, 3.05) is 27.7 Å². The van der Waals surface area contributed by atoms with Gasteiger partial charge in [-0.05, 0) is 12.8 Å². The van der Waals surface area contributed by atoms with E-state index in [9.17, 15) is 47.9 Å². The van der Waals surface area contributed by atoms with Gasteiger partial charge in [0.2, 0.25) is 0 Å². The normalized spacial score (nSPS) is 13.8. The second-order valence-electron chi connectivity index (χ2n) is 11.0. The zero-order chi connectivity index (χ0) is 31.0. The highest BCUT2D eigenvalue weighted by Crippen LogP contribution is 2.54. The van der Waals surface area contributed by atoms with Crippen molar-refractivity contribution in [2.24, 2.45) is 0 Å². The Labute approximate surface area is 228 Å². The molecule has 0 unspecified atom stereocenters. The molecule has 0 aliphatic rings. The molecular weight excluding hydrogens is 565 g/mol. The highest BCUT2D eigenvalue weighted by Gasteiger charge is 2.85. The molecule has 0 aromatic rings. The molecule has 238 valence electrons. The summed E-state index contributed by atoms with van der Waals surface area (Å²) in [6.07, 6.45) is 16.2. The standard InChI is InChI=1S/C21H46N.C4HF9O3S/c1-5-6-7-8-9-10-11-12-13-14-15-16-17-18-19-20-21-22(2,3)4;5-1(6,3(9,10)11)2(7,8)4(12,13)17(14,15)16/h5-21H2,1-4H3;(H,14,15,16)/q+1;. The van der Waals surface area contributed by atoms with Crippen molar-refractivity contribution in [3.63, 3.8) is 0 Å². The monoisotopic (exact) mass is 612 g/mol. The maximum atomic E-state index is 12.2. The van der Waals surface area contributed by atoms with Crippen molar-refractivity contribution in [2.45, 2.75) is 133 Å². The van der Waals surface area contributed by atoms with Crippen LogP contribution < -0.4 is 0 Å². The topological polar surface area (TPSA) is 54.4 Å². The Morgan fingerprint density at radius 2 is 0.821 bits per heavy atom. The van der Waals surface area contributed by atoms with Crippen LogP contribution in [-0.4, -0.2) is 68.4 Å². The second-order valence-corrected chi connectivity index (χ2v) is 12.4. The molecule has 0 rings (SSSR count). The predicted molar refractivity (Wildman–Crippen MR) is 135 cm³/mol. The Bertz CT molecular complexity index is 738. The molecule has 0 spiro atoms. The van der Waals surface area contributed by atoms with Gasteiger partial charge in [0.1, 0.15) is 0 Å². The van der Waals surface area contributed by atoms with E-state index in [-0.39, 0.29) is 0 Å². The van der Waals surface area contributed by atoms with Gasteiger partial charge in [-0.2, -0.15) is 47.9 Å². The smallest absolute Gasteiger partial charge is 0.331 e. The lowest BCUT2D eigenvalue weighted by Crippen LogP contribution is -2.63. The Hall–Kier alpha value is -0.760. The highest BCUT2D eigenvalue weighted by atomic mass is 32.2. The number of halogens is 9. The van der Waals surface area contributed by atoms with E-state index in [1.54, 1.807) is 0 Å². The lowest BCUT2D eigenvalue weighted by molar-refractivity contribution is -0.870. The Kier molecular flexibility index (Phi) is 18.6. The zero-order valence-electron chi connectivity index (χ0n) is 23.5. The summed E-state index contributed by atoms with van der Waals surface area (Å²) in [5, 5.41) is -7.00. The van der Waals surface area contributed by atoms with Crippen molar-refractivity contribution >= 4 is 10.1 Å². The number of quaternary nitrogens is 1. The molecule has 0 bridgehead atoms. The van der Waals surface area contributed by atoms with Crippen LogP contribution in [0.5, 0.6) is 0 Å². The molecular formula is C25H47F9NO3S+. The van der Waals surface area contributed by atoms with Gasteiger partial charge in [-0.15, -0.1) is 0 Å². The van der Waals surface area contributed by atoms with Crippen LogP contribution in [0.4, 0.5) is 39.5 Å². The molecule has 4 nitrogen and oxygen atoms in total. The average molecular weight is 613 g/mol. The van der Waals surface area contributed by atoms with Gasteiger partial charge < -0.3 is 4.48 Å². The fourth-order valence-corrected chi connectivity index (χ4v) is 4.11. The molecule has 0 fully saturated rings. The first-order valence-electron chi connectivity index (χ1n) is 13.5. The fourth-order valence-electron chi connectivity index (χ4n) is 3.66. The number of hydrogen-bond acceptors (Lipinski definition) is 2. The van der Waals surface area contributed by atoms with Crippen LogP contribution in [0.3, 0.4) is 0 Å². The van der Waals surface area contributed by atoms with E-state index < -0.39 is 33.4 Å². The number of hydrogen-bond donors (Lipinski definition) is 1. The first-order chi connectivity index (χ1) is 17.6. The van der Waals surface area contributed by atoms with E-state index >= 15 is 0 Å². The Morgan fingerprint density at radius 1 is 0.538 bits per heavy atom. The molecule has 0 saturated heterocycles. The van der Waals surface area contributed by atoms with Gasteiger partial charge in [-0.25, -0.2) is 0 Å². The van der Waals surface area contributed by atoms with Crippen molar-refractivity contribution in [3.05, 3.63) is 0 Å². The van der Waals surface area contributed by atoms with Gasteiger partial charge >= 0.3 is 33.4 Å². The number of nitrogens with zero attached hydrogens (tertiary/aromatic N) is 1. The summed E-state index contributed by atoms with van der Waals surface area (Å²) in [4.78, 5) is 0. The van der Waals surface area contributed by atoms with Crippen LogP contribution in [0.25, 0.3) is 0 Å². The molecule has 0 radical (unpaired) electrons. The molecule has 0 aliphatic heterocycles. The lowest BCUT2D eigenvalue weighted by Gasteiger charge is -2.31. The van der Waals surface area contributed by atoms with Crippen molar-refractivity contribution in [3.8, 4) is 0 Å². The molecule has 39 heavy (non-hydrogen) atoms. The summed E-state index contributed by atoms with van der Waals surface area (Å²) in [7, 11) is -0.276. The average Bonchev–Trinajstić information content (AvgIpc) is 2.76. The Balaban J connectivity index is 0. The number of unbranched alkanes of at least 4 members (excludes halogenated alkanes) is 15. The van der Waals surface area contributed by atoms with Gasteiger partial charge in [-0.3, -0.25) is 4.55 Å². The van der Waals surface area contributed by atoms with Crippen molar-refractivity contribution in [1.29, 1.82) is 0 Å². The summed E-state index contributed by atoms with van der Waals surface area (Å²) >= 11 is 0.